The van der Waals surface area contributed by atoms with Gasteiger partial charge >= 0.3 is 0 Å². The summed E-state index contributed by atoms with van der Waals surface area (Å²) in [5.41, 5.74) is 8.26. The molecule has 0 atom stereocenters. The minimum Gasteiger partial charge on any atom is -0.489 e. The number of tetrazole rings is 1. The Labute approximate surface area is 187 Å². The van der Waals surface area contributed by atoms with Crippen LogP contribution in [0.1, 0.15) is 5.56 Å². The van der Waals surface area contributed by atoms with Crippen LogP contribution in [0.15, 0.2) is 35.8 Å². The number of pyridine rings is 1. The Kier molecular flexibility index (Phi) is 6.10. The van der Waals surface area contributed by atoms with Crippen LogP contribution < -0.4 is 10.5 Å². The van der Waals surface area contributed by atoms with Crippen LogP contribution in [-0.4, -0.2) is 57.3 Å². The monoisotopic (exact) mass is 457 g/mol. The maximum absolute atomic E-state index is 14.9. The summed E-state index contributed by atoms with van der Waals surface area (Å²) in [7, 11) is 3.72. The number of hydrogen-bond acceptors (Lipinski definition) is 8. The Morgan fingerprint density at radius 2 is 2.00 bits per heavy atom. The first-order chi connectivity index (χ1) is 15.3. The highest BCUT2D eigenvalue weighted by atomic mass is 32.1. The summed E-state index contributed by atoms with van der Waals surface area (Å²) in [5.74, 6) is -2.11. The highest BCUT2D eigenvalue weighted by molar-refractivity contribution is 7.13. The number of hydrogen-bond donors (Lipinski definition) is 1. The van der Waals surface area contributed by atoms with Gasteiger partial charge in [0.2, 0.25) is 5.82 Å². The van der Waals surface area contributed by atoms with Gasteiger partial charge in [-0.3, -0.25) is 0 Å². The lowest BCUT2D eigenvalue weighted by Gasteiger charge is -2.13. The van der Waals surface area contributed by atoms with Crippen LogP contribution in [0.25, 0.3) is 27.5 Å². The lowest BCUT2D eigenvalue weighted by molar-refractivity contribution is 0.249. The van der Waals surface area contributed by atoms with Gasteiger partial charge in [-0.2, -0.15) is 9.07 Å². The number of likely N-dealkylation sites (N-methyl/N-ethyl adjacent to an activating group) is 1. The first-order valence-corrected chi connectivity index (χ1v) is 10.6. The number of halogens is 2. The molecule has 0 bridgehead atoms. The predicted molar refractivity (Wildman–Crippen MR) is 119 cm³/mol. The zero-order chi connectivity index (χ0) is 22.8. The van der Waals surface area contributed by atoms with Gasteiger partial charge in [0, 0.05) is 23.2 Å². The third-order valence-corrected chi connectivity index (χ3v) is 5.79. The van der Waals surface area contributed by atoms with Gasteiger partial charge in [0.25, 0.3) is 0 Å². The van der Waals surface area contributed by atoms with Gasteiger partial charge in [-0.05, 0) is 66.7 Å². The lowest BCUT2D eigenvalue weighted by Crippen LogP contribution is -2.20. The molecule has 0 aliphatic rings. The van der Waals surface area contributed by atoms with Crippen LogP contribution in [0.5, 0.6) is 5.75 Å². The molecule has 4 rings (SSSR count). The van der Waals surface area contributed by atoms with Crippen molar-refractivity contribution in [1.29, 1.82) is 0 Å². The fourth-order valence-corrected chi connectivity index (χ4v) is 3.91. The molecule has 2 N–H and O–H groups in total. The second kappa shape index (κ2) is 8.97. The fraction of sp³-hybridized carbons (Fsp3) is 0.238. The third kappa shape index (κ3) is 4.30. The molecule has 0 aliphatic carbocycles. The van der Waals surface area contributed by atoms with Gasteiger partial charge in [0.05, 0.1) is 5.56 Å². The summed E-state index contributed by atoms with van der Waals surface area (Å²) in [6.45, 7) is 2.78. The largest absolute Gasteiger partial charge is 0.489 e. The summed E-state index contributed by atoms with van der Waals surface area (Å²) in [6, 6.07) is 6.51. The number of aromatic nitrogens is 5. The number of benzene rings is 1. The van der Waals surface area contributed by atoms with Crippen molar-refractivity contribution in [2.45, 2.75) is 6.92 Å². The minimum atomic E-state index is -1.13. The Morgan fingerprint density at radius 3 is 2.72 bits per heavy atom. The van der Waals surface area contributed by atoms with Crippen molar-refractivity contribution in [2.24, 2.45) is 0 Å². The molecule has 0 fully saturated rings. The second-order valence-corrected chi connectivity index (χ2v) is 8.33. The van der Waals surface area contributed by atoms with Crippen molar-refractivity contribution < 1.29 is 13.5 Å². The van der Waals surface area contributed by atoms with Crippen molar-refractivity contribution in [1.82, 2.24) is 30.1 Å². The summed E-state index contributed by atoms with van der Waals surface area (Å²) in [6.07, 6.45) is 1.65. The molecule has 0 saturated heterocycles. The van der Waals surface area contributed by atoms with E-state index in [4.69, 9.17) is 10.5 Å². The first-order valence-electron chi connectivity index (χ1n) is 9.71. The highest BCUT2D eigenvalue weighted by Crippen LogP contribution is 2.33. The van der Waals surface area contributed by atoms with Gasteiger partial charge in [0.15, 0.2) is 17.4 Å². The van der Waals surface area contributed by atoms with Crippen molar-refractivity contribution in [3.8, 4) is 33.3 Å². The van der Waals surface area contributed by atoms with Gasteiger partial charge in [-0.15, -0.1) is 16.4 Å². The smallest absolute Gasteiger partial charge is 0.202 e. The van der Waals surface area contributed by atoms with E-state index in [-0.39, 0.29) is 29.7 Å². The molecule has 1 aromatic carbocycles. The molecule has 166 valence electrons. The van der Waals surface area contributed by atoms with Crippen molar-refractivity contribution in [3.63, 3.8) is 0 Å². The molecule has 0 amide bonds. The predicted octanol–water partition coefficient (Wildman–Crippen LogP) is 3.56. The number of ether oxygens (including phenoxy) is 1. The van der Waals surface area contributed by atoms with E-state index >= 15 is 0 Å². The number of nitrogen functional groups attached to an aromatic ring is 1. The van der Waals surface area contributed by atoms with Crippen LogP contribution in [0.3, 0.4) is 0 Å². The molecular weight excluding hydrogens is 436 g/mol. The summed E-state index contributed by atoms with van der Waals surface area (Å²) < 4.78 is 36.0. The van der Waals surface area contributed by atoms with Crippen LogP contribution in [-0.2, 0) is 0 Å². The summed E-state index contributed by atoms with van der Waals surface area (Å²) >= 11 is 1.56. The van der Waals surface area contributed by atoms with Gasteiger partial charge in [0.1, 0.15) is 18.1 Å². The van der Waals surface area contributed by atoms with Gasteiger partial charge in [-0.25, -0.2) is 9.37 Å². The maximum atomic E-state index is 14.9. The first kappa shape index (κ1) is 21.8. The minimum absolute atomic E-state index is 0.143. The molecule has 3 aromatic heterocycles. The van der Waals surface area contributed by atoms with Crippen LogP contribution in [0, 0.1) is 18.6 Å². The SMILES string of the molecule is Cc1csc(-c2cnc(N)c(-c3nnnn3-c3ccc(OCCN(C)C)c(F)c3F)c2)c1. The Balaban J connectivity index is 1.71. The Hall–Kier alpha value is -3.44. The molecule has 0 radical (unpaired) electrons. The zero-order valence-electron chi connectivity index (χ0n) is 17.7. The zero-order valence-corrected chi connectivity index (χ0v) is 18.5. The molecule has 0 unspecified atom stereocenters. The van der Waals surface area contributed by atoms with E-state index in [9.17, 15) is 8.78 Å². The number of thiophene rings is 1. The van der Waals surface area contributed by atoms with E-state index in [1.54, 1.807) is 23.6 Å². The molecular formula is C21H21F2N7OS. The normalized spacial score (nSPS) is 11.3. The maximum Gasteiger partial charge on any atom is 0.202 e. The van der Waals surface area contributed by atoms with E-state index in [1.807, 2.05) is 37.4 Å². The van der Waals surface area contributed by atoms with Crippen molar-refractivity contribution in [3.05, 3.63) is 53.0 Å². The van der Waals surface area contributed by atoms with E-state index in [1.165, 1.54) is 12.1 Å². The van der Waals surface area contributed by atoms with Crippen LogP contribution in [0.2, 0.25) is 0 Å². The molecule has 11 heteroatoms. The molecule has 4 aromatic rings. The number of aryl methyl sites for hydroxylation is 1. The third-order valence-electron chi connectivity index (χ3n) is 4.69. The van der Waals surface area contributed by atoms with E-state index in [0.717, 1.165) is 20.7 Å². The molecule has 0 spiro atoms. The molecule has 3 heterocycles. The summed E-state index contributed by atoms with van der Waals surface area (Å²) in [4.78, 5) is 7.11. The quantitative estimate of drug-likeness (QED) is 0.453. The van der Waals surface area contributed by atoms with Crippen molar-refractivity contribution in [2.75, 3.05) is 33.0 Å². The molecule has 0 aliphatic heterocycles. The van der Waals surface area contributed by atoms with Crippen LogP contribution in [0.4, 0.5) is 14.6 Å². The molecule has 8 nitrogen and oxygen atoms in total. The number of anilines is 1. The van der Waals surface area contributed by atoms with Crippen molar-refractivity contribution >= 4 is 17.2 Å². The van der Waals surface area contributed by atoms with Gasteiger partial charge < -0.3 is 15.4 Å². The fourth-order valence-electron chi connectivity index (χ4n) is 3.02. The second-order valence-electron chi connectivity index (χ2n) is 7.42. The summed E-state index contributed by atoms with van der Waals surface area (Å²) in [5, 5.41) is 13.5. The Morgan fingerprint density at radius 1 is 1.19 bits per heavy atom. The van der Waals surface area contributed by atoms with E-state index in [2.05, 4.69) is 20.5 Å². The van der Waals surface area contributed by atoms with E-state index < -0.39 is 11.6 Å². The highest BCUT2D eigenvalue weighted by Gasteiger charge is 2.22. The standard InChI is InChI=1S/C21H21F2N7OS/c1-12-8-17(32-11-12)13-9-14(20(24)25-10-13)21-26-27-28-30(21)15-4-5-16(19(23)18(15)22)31-7-6-29(2)3/h4-5,8-11H,6-7H2,1-3H3,(H2,24,25). The average Bonchev–Trinajstić information content (AvgIpc) is 3.41. The van der Waals surface area contributed by atoms with Gasteiger partial charge in [-0.1, -0.05) is 0 Å². The van der Waals surface area contributed by atoms with Crippen LogP contribution >= 0.6 is 11.3 Å². The van der Waals surface area contributed by atoms with E-state index in [0.29, 0.717) is 12.1 Å². The molecule has 0 saturated carbocycles. The average molecular weight is 458 g/mol. The topological polar surface area (TPSA) is 95.0 Å². The lowest BCUT2D eigenvalue weighted by atomic mass is 10.1. The molecule has 32 heavy (non-hydrogen) atoms. The number of nitrogens with two attached hydrogens (primary N) is 1. The number of nitrogens with zero attached hydrogens (tertiary/aromatic N) is 6. The number of rotatable bonds is 7. The Bertz CT molecular complexity index is 1250.